The number of nitrogens with one attached hydrogen (secondary N) is 2. The molecule has 0 aliphatic carbocycles. The van der Waals surface area contributed by atoms with Gasteiger partial charge in [-0.15, -0.1) is 0 Å². The van der Waals surface area contributed by atoms with Crippen LogP contribution in [-0.2, 0) is 0 Å². The Morgan fingerprint density at radius 3 is 2.90 bits per heavy atom. The van der Waals surface area contributed by atoms with Gasteiger partial charge in [-0.2, -0.15) is 0 Å². The minimum absolute atomic E-state index is 0.131. The predicted molar refractivity (Wildman–Crippen MR) is 80.5 cm³/mol. The predicted octanol–water partition coefficient (Wildman–Crippen LogP) is 3.67. The van der Waals surface area contributed by atoms with E-state index in [1.807, 2.05) is 6.92 Å². The molecule has 0 bridgehead atoms. The first-order chi connectivity index (χ1) is 9.60. The van der Waals surface area contributed by atoms with Crippen LogP contribution in [0.2, 0.25) is 0 Å². The van der Waals surface area contributed by atoms with E-state index >= 15 is 0 Å². The molecule has 1 heterocycles. The number of halogens is 2. The number of rotatable bonds is 4. The van der Waals surface area contributed by atoms with Gasteiger partial charge in [0.25, 0.3) is 5.91 Å². The number of aromatic nitrogens is 1. The molecule has 2 N–H and O–H groups in total. The first-order valence-electron chi connectivity index (χ1n) is 6.06. The van der Waals surface area contributed by atoms with E-state index in [1.165, 1.54) is 18.3 Å². The summed E-state index contributed by atoms with van der Waals surface area (Å²) in [6.45, 7) is 2.64. The maximum atomic E-state index is 13.6. The van der Waals surface area contributed by atoms with E-state index in [1.54, 1.807) is 18.2 Å². The lowest BCUT2D eigenvalue weighted by Crippen LogP contribution is -2.13. The number of benzene rings is 1. The summed E-state index contributed by atoms with van der Waals surface area (Å²) < 4.78 is 14.3. The molecule has 0 atom stereocenters. The Labute approximate surface area is 124 Å². The third kappa shape index (κ3) is 3.54. The summed E-state index contributed by atoms with van der Waals surface area (Å²) in [7, 11) is 0. The van der Waals surface area contributed by atoms with Crippen LogP contribution in [0.1, 0.15) is 17.3 Å². The smallest absolute Gasteiger partial charge is 0.255 e. The molecule has 0 unspecified atom stereocenters. The standard InChI is InChI=1S/C14H13BrFN3O/c1-2-17-13-7-9(5-6-18-13)14(20)19-12-8-10(15)3-4-11(12)16/h3-8H,2H2,1H3,(H,17,18)(H,19,20). The molecule has 0 aliphatic rings. The number of hydrogen-bond acceptors (Lipinski definition) is 3. The number of hydrogen-bond donors (Lipinski definition) is 2. The second kappa shape index (κ2) is 6.47. The highest BCUT2D eigenvalue weighted by Crippen LogP contribution is 2.21. The van der Waals surface area contributed by atoms with Gasteiger partial charge < -0.3 is 10.6 Å². The Morgan fingerprint density at radius 1 is 1.35 bits per heavy atom. The maximum absolute atomic E-state index is 13.6. The molecule has 4 nitrogen and oxygen atoms in total. The normalized spacial score (nSPS) is 10.2. The summed E-state index contributed by atoms with van der Waals surface area (Å²) in [5, 5.41) is 5.55. The molecule has 2 aromatic rings. The van der Waals surface area contributed by atoms with Crippen LogP contribution in [0.25, 0.3) is 0 Å². The zero-order valence-electron chi connectivity index (χ0n) is 10.8. The lowest BCUT2D eigenvalue weighted by atomic mass is 10.2. The van der Waals surface area contributed by atoms with Crippen LogP contribution in [0, 0.1) is 5.82 Å². The molecular formula is C14H13BrFN3O. The summed E-state index contributed by atoms with van der Waals surface area (Å²) in [6.07, 6.45) is 1.53. The number of nitrogens with zero attached hydrogens (tertiary/aromatic N) is 1. The molecule has 0 saturated heterocycles. The minimum Gasteiger partial charge on any atom is -0.370 e. The van der Waals surface area contributed by atoms with E-state index in [2.05, 4.69) is 31.5 Å². The van der Waals surface area contributed by atoms with E-state index < -0.39 is 5.82 Å². The Balaban J connectivity index is 2.19. The number of amides is 1. The van der Waals surface area contributed by atoms with E-state index in [0.717, 1.165) is 0 Å². The summed E-state index contributed by atoms with van der Waals surface area (Å²) in [6, 6.07) is 7.57. The van der Waals surface area contributed by atoms with Crippen molar-refractivity contribution in [2.45, 2.75) is 6.92 Å². The topological polar surface area (TPSA) is 54.0 Å². The van der Waals surface area contributed by atoms with E-state index in [-0.39, 0.29) is 11.6 Å². The van der Waals surface area contributed by atoms with Crippen LogP contribution < -0.4 is 10.6 Å². The van der Waals surface area contributed by atoms with Crippen LogP contribution in [0.15, 0.2) is 41.0 Å². The summed E-state index contributed by atoms with van der Waals surface area (Å²) in [5.74, 6) is -0.263. The molecular weight excluding hydrogens is 325 g/mol. The van der Waals surface area contributed by atoms with Crippen molar-refractivity contribution in [3.63, 3.8) is 0 Å². The van der Waals surface area contributed by atoms with Crippen molar-refractivity contribution in [3.05, 3.63) is 52.4 Å². The van der Waals surface area contributed by atoms with Gasteiger partial charge in [0.2, 0.25) is 0 Å². The van der Waals surface area contributed by atoms with Gasteiger partial charge in [-0.1, -0.05) is 15.9 Å². The molecule has 0 aliphatic heterocycles. The van der Waals surface area contributed by atoms with E-state index in [0.29, 0.717) is 22.4 Å². The van der Waals surface area contributed by atoms with Crippen LogP contribution in [-0.4, -0.2) is 17.4 Å². The van der Waals surface area contributed by atoms with Crippen molar-refractivity contribution < 1.29 is 9.18 Å². The highest BCUT2D eigenvalue weighted by Gasteiger charge is 2.10. The van der Waals surface area contributed by atoms with Crippen LogP contribution >= 0.6 is 15.9 Å². The van der Waals surface area contributed by atoms with Crippen molar-refractivity contribution in [3.8, 4) is 0 Å². The number of carbonyl (C=O) groups excluding carboxylic acids is 1. The second-order valence-electron chi connectivity index (χ2n) is 4.04. The first-order valence-corrected chi connectivity index (χ1v) is 6.85. The molecule has 20 heavy (non-hydrogen) atoms. The number of anilines is 2. The fourth-order valence-electron chi connectivity index (χ4n) is 1.64. The Hall–Kier alpha value is -1.95. The Morgan fingerprint density at radius 2 is 2.15 bits per heavy atom. The van der Waals surface area contributed by atoms with Crippen molar-refractivity contribution in [2.75, 3.05) is 17.2 Å². The molecule has 0 fully saturated rings. The Bertz CT molecular complexity index is 634. The zero-order chi connectivity index (χ0) is 14.5. The fraction of sp³-hybridized carbons (Fsp3) is 0.143. The van der Waals surface area contributed by atoms with Crippen molar-refractivity contribution in [1.29, 1.82) is 0 Å². The van der Waals surface area contributed by atoms with Gasteiger partial charge in [0.15, 0.2) is 0 Å². The Kier molecular flexibility index (Phi) is 4.68. The van der Waals surface area contributed by atoms with Gasteiger partial charge in [-0.05, 0) is 37.3 Å². The van der Waals surface area contributed by atoms with Crippen molar-refractivity contribution in [1.82, 2.24) is 4.98 Å². The third-order valence-electron chi connectivity index (χ3n) is 2.56. The van der Waals surface area contributed by atoms with Gasteiger partial charge in [0.05, 0.1) is 5.69 Å². The molecule has 0 saturated carbocycles. The highest BCUT2D eigenvalue weighted by atomic mass is 79.9. The van der Waals surface area contributed by atoms with E-state index in [4.69, 9.17) is 0 Å². The molecule has 0 spiro atoms. The monoisotopic (exact) mass is 337 g/mol. The van der Waals surface area contributed by atoms with Crippen molar-refractivity contribution >= 4 is 33.3 Å². The largest absolute Gasteiger partial charge is 0.370 e. The minimum atomic E-state index is -0.484. The van der Waals surface area contributed by atoms with Crippen molar-refractivity contribution in [2.24, 2.45) is 0 Å². The molecule has 1 aromatic carbocycles. The maximum Gasteiger partial charge on any atom is 0.255 e. The lowest BCUT2D eigenvalue weighted by Gasteiger charge is -2.08. The zero-order valence-corrected chi connectivity index (χ0v) is 12.4. The molecule has 6 heteroatoms. The lowest BCUT2D eigenvalue weighted by molar-refractivity contribution is 0.102. The molecule has 0 radical (unpaired) electrons. The second-order valence-corrected chi connectivity index (χ2v) is 4.95. The molecule has 104 valence electrons. The SMILES string of the molecule is CCNc1cc(C(=O)Nc2cc(Br)ccc2F)ccn1. The molecule has 1 aromatic heterocycles. The summed E-state index contributed by atoms with van der Waals surface area (Å²) >= 11 is 3.24. The quantitative estimate of drug-likeness (QED) is 0.894. The number of carbonyl (C=O) groups is 1. The highest BCUT2D eigenvalue weighted by molar-refractivity contribution is 9.10. The van der Waals surface area contributed by atoms with E-state index in [9.17, 15) is 9.18 Å². The van der Waals surface area contributed by atoms with Gasteiger partial charge in [-0.3, -0.25) is 4.79 Å². The van der Waals surface area contributed by atoms with Gasteiger partial charge in [0.1, 0.15) is 11.6 Å². The summed E-state index contributed by atoms with van der Waals surface area (Å²) in [5.41, 5.74) is 0.543. The molecule has 1 amide bonds. The summed E-state index contributed by atoms with van der Waals surface area (Å²) in [4.78, 5) is 16.2. The van der Waals surface area contributed by atoms with Gasteiger partial charge >= 0.3 is 0 Å². The first kappa shape index (κ1) is 14.5. The molecule has 2 rings (SSSR count). The fourth-order valence-corrected chi connectivity index (χ4v) is 2.00. The van der Waals surface area contributed by atoms with Crippen LogP contribution in [0.4, 0.5) is 15.9 Å². The average molecular weight is 338 g/mol. The van der Waals surface area contributed by atoms with Gasteiger partial charge in [0, 0.05) is 22.8 Å². The third-order valence-corrected chi connectivity index (χ3v) is 3.05. The van der Waals surface area contributed by atoms with Crippen LogP contribution in [0.3, 0.4) is 0 Å². The average Bonchev–Trinajstić information content (AvgIpc) is 2.43. The number of pyridine rings is 1. The van der Waals surface area contributed by atoms with Gasteiger partial charge in [-0.25, -0.2) is 9.37 Å². The van der Waals surface area contributed by atoms with Crippen LogP contribution in [0.5, 0.6) is 0 Å².